The van der Waals surface area contributed by atoms with E-state index in [1.165, 1.54) is 7.11 Å². The number of guanidine groups is 1. The molecule has 2 aromatic rings. The van der Waals surface area contributed by atoms with Crippen LogP contribution in [0.15, 0.2) is 27.8 Å². The van der Waals surface area contributed by atoms with Gasteiger partial charge < -0.3 is 24.7 Å². The number of nitrogens with one attached hydrogen (secondary N) is 3. The van der Waals surface area contributed by atoms with Gasteiger partial charge in [0.25, 0.3) is 0 Å². The molecule has 1 fully saturated rings. The molecule has 2 aromatic heterocycles. The first-order valence-electron chi connectivity index (χ1n) is 9.02. The lowest BCUT2D eigenvalue weighted by molar-refractivity contribution is 0.111. The van der Waals surface area contributed by atoms with Gasteiger partial charge in [-0.05, 0) is 31.9 Å². The van der Waals surface area contributed by atoms with Gasteiger partial charge >= 0.3 is 6.09 Å². The number of piperidine rings is 1. The van der Waals surface area contributed by atoms with Gasteiger partial charge in [0, 0.05) is 25.7 Å². The van der Waals surface area contributed by atoms with Crippen molar-refractivity contribution in [2.45, 2.75) is 32.4 Å². The molecular formula is C17H25N7O3. The van der Waals surface area contributed by atoms with Crippen LogP contribution in [0.25, 0.3) is 11.6 Å². The predicted octanol–water partition coefficient (Wildman–Crippen LogP) is 1.35. The number of carbonyl (C=O) groups is 1. The Kier molecular flexibility index (Phi) is 6.29. The zero-order chi connectivity index (χ0) is 19.1. The number of nitrogens with zero attached hydrogens (tertiary/aromatic N) is 4. The van der Waals surface area contributed by atoms with Gasteiger partial charge in [-0.25, -0.2) is 14.8 Å². The highest BCUT2D eigenvalue weighted by molar-refractivity contribution is 5.80. The molecule has 0 saturated carbocycles. The molecule has 1 saturated heterocycles. The number of furan rings is 1. The first-order chi connectivity index (χ1) is 13.2. The Morgan fingerprint density at radius 1 is 1.48 bits per heavy atom. The third-order valence-electron chi connectivity index (χ3n) is 4.27. The lowest BCUT2D eigenvalue weighted by Crippen LogP contribution is -2.49. The molecular weight excluding hydrogens is 350 g/mol. The van der Waals surface area contributed by atoms with Crippen LogP contribution in [0.1, 0.15) is 25.6 Å². The number of rotatable bonds is 5. The van der Waals surface area contributed by atoms with Crippen molar-refractivity contribution >= 4 is 12.1 Å². The van der Waals surface area contributed by atoms with Crippen LogP contribution in [0.5, 0.6) is 0 Å². The molecule has 1 amide bonds. The van der Waals surface area contributed by atoms with Crippen LogP contribution < -0.4 is 10.6 Å². The number of H-pyrrole nitrogens is 1. The van der Waals surface area contributed by atoms with Crippen LogP contribution in [0.2, 0.25) is 0 Å². The third-order valence-corrected chi connectivity index (χ3v) is 4.27. The van der Waals surface area contributed by atoms with Crippen molar-refractivity contribution in [3.63, 3.8) is 0 Å². The molecule has 0 aromatic carbocycles. The zero-order valence-corrected chi connectivity index (χ0v) is 15.6. The SMILES string of the molecule is CCNC(=NCc1nc(-c2ccco2)n[nH]1)NC1CCN(C(=O)OC)CC1. The fraction of sp³-hybridized carbons (Fsp3) is 0.529. The van der Waals surface area contributed by atoms with E-state index in [0.29, 0.717) is 43.0 Å². The maximum absolute atomic E-state index is 11.6. The summed E-state index contributed by atoms with van der Waals surface area (Å²) in [4.78, 5) is 22.2. The lowest BCUT2D eigenvalue weighted by atomic mass is 10.1. The van der Waals surface area contributed by atoms with Gasteiger partial charge in [0.1, 0.15) is 12.4 Å². The second-order valence-corrected chi connectivity index (χ2v) is 6.15. The number of likely N-dealkylation sites (tertiary alicyclic amines) is 1. The maximum Gasteiger partial charge on any atom is 0.409 e. The number of ether oxygens (including phenoxy) is 1. The van der Waals surface area contributed by atoms with Gasteiger partial charge in [-0.15, -0.1) is 5.10 Å². The lowest BCUT2D eigenvalue weighted by Gasteiger charge is -2.32. The molecule has 3 rings (SSSR count). The molecule has 10 heteroatoms. The Bertz CT molecular complexity index is 748. The van der Waals surface area contributed by atoms with Gasteiger partial charge in [0.05, 0.1) is 13.4 Å². The Labute approximate surface area is 157 Å². The summed E-state index contributed by atoms with van der Waals surface area (Å²) in [7, 11) is 1.41. The number of aliphatic imine (C=N–C) groups is 1. The third kappa shape index (κ3) is 4.99. The minimum atomic E-state index is -0.272. The minimum Gasteiger partial charge on any atom is -0.461 e. The number of hydrogen-bond acceptors (Lipinski definition) is 6. The zero-order valence-electron chi connectivity index (χ0n) is 15.6. The Morgan fingerprint density at radius 3 is 2.96 bits per heavy atom. The molecule has 3 heterocycles. The summed E-state index contributed by atoms with van der Waals surface area (Å²) < 4.78 is 10.1. The quantitative estimate of drug-likeness (QED) is 0.533. The van der Waals surface area contributed by atoms with Crippen molar-refractivity contribution in [2.24, 2.45) is 4.99 Å². The summed E-state index contributed by atoms with van der Waals surface area (Å²) in [6.07, 6.45) is 2.99. The van der Waals surface area contributed by atoms with Crippen LogP contribution >= 0.6 is 0 Å². The van der Waals surface area contributed by atoms with Crippen LogP contribution in [-0.2, 0) is 11.3 Å². The van der Waals surface area contributed by atoms with E-state index in [1.807, 2.05) is 13.0 Å². The van der Waals surface area contributed by atoms with Gasteiger partial charge in [-0.2, -0.15) is 0 Å². The molecule has 0 unspecified atom stereocenters. The first-order valence-corrected chi connectivity index (χ1v) is 9.02. The molecule has 0 spiro atoms. The summed E-state index contributed by atoms with van der Waals surface area (Å²) in [6, 6.07) is 3.85. The second kappa shape index (κ2) is 9.06. The van der Waals surface area contributed by atoms with Gasteiger partial charge in [-0.1, -0.05) is 0 Å². The largest absolute Gasteiger partial charge is 0.461 e. The highest BCUT2D eigenvalue weighted by atomic mass is 16.5. The van der Waals surface area contributed by atoms with Crippen molar-refractivity contribution in [3.8, 4) is 11.6 Å². The first kappa shape index (κ1) is 18.7. The van der Waals surface area contributed by atoms with Crippen LogP contribution in [-0.4, -0.2) is 64.9 Å². The smallest absolute Gasteiger partial charge is 0.409 e. The molecule has 0 aliphatic carbocycles. The maximum atomic E-state index is 11.6. The molecule has 0 radical (unpaired) electrons. The minimum absolute atomic E-state index is 0.247. The summed E-state index contributed by atoms with van der Waals surface area (Å²) >= 11 is 0. The van der Waals surface area contributed by atoms with E-state index >= 15 is 0 Å². The van der Waals surface area contributed by atoms with E-state index in [0.717, 1.165) is 19.4 Å². The number of amides is 1. The second-order valence-electron chi connectivity index (χ2n) is 6.15. The van der Waals surface area contributed by atoms with Crippen molar-refractivity contribution in [2.75, 3.05) is 26.7 Å². The molecule has 1 aliphatic heterocycles. The van der Waals surface area contributed by atoms with Crippen molar-refractivity contribution in [1.29, 1.82) is 0 Å². The monoisotopic (exact) mass is 375 g/mol. The fourth-order valence-electron chi connectivity index (χ4n) is 2.88. The van der Waals surface area contributed by atoms with E-state index in [1.54, 1.807) is 17.2 Å². The molecule has 146 valence electrons. The van der Waals surface area contributed by atoms with Crippen molar-refractivity contribution in [1.82, 2.24) is 30.7 Å². The average molecular weight is 375 g/mol. The summed E-state index contributed by atoms with van der Waals surface area (Å²) in [5.41, 5.74) is 0. The van der Waals surface area contributed by atoms with E-state index in [9.17, 15) is 4.79 Å². The van der Waals surface area contributed by atoms with Crippen LogP contribution in [0.4, 0.5) is 4.79 Å². The van der Waals surface area contributed by atoms with Crippen LogP contribution in [0.3, 0.4) is 0 Å². The van der Waals surface area contributed by atoms with Crippen molar-refractivity contribution < 1.29 is 13.9 Å². The highest BCUT2D eigenvalue weighted by Crippen LogP contribution is 2.14. The van der Waals surface area contributed by atoms with Gasteiger partial charge in [0.2, 0.25) is 5.82 Å². The van der Waals surface area contributed by atoms with E-state index < -0.39 is 0 Å². The number of aromatic nitrogens is 3. The van der Waals surface area contributed by atoms with Crippen LogP contribution in [0, 0.1) is 0 Å². The standard InChI is InChI=1S/C17H25N7O3/c1-3-18-16(20-12-6-8-24(9-7-12)17(25)26-2)19-11-14-21-15(23-22-14)13-5-4-10-27-13/h4-5,10,12H,3,6-9,11H2,1-2H3,(H2,18,19,20)(H,21,22,23). The predicted molar refractivity (Wildman–Crippen MR) is 99.0 cm³/mol. The van der Waals surface area contributed by atoms with Gasteiger partial charge in [-0.3, -0.25) is 5.10 Å². The molecule has 0 bridgehead atoms. The number of hydrogen-bond donors (Lipinski definition) is 3. The highest BCUT2D eigenvalue weighted by Gasteiger charge is 2.23. The van der Waals surface area contributed by atoms with E-state index in [-0.39, 0.29) is 12.1 Å². The molecule has 0 atom stereocenters. The van der Waals surface area contributed by atoms with Crippen molar-refractivity contribution in [3.05, 3.63) is 24.2 Å². The number of methoxy groups -OCH3 is 1. The Balaban J connectivity index is 1.55. The molecule has 27 heavy (non-hydrogen) atoms. The average Bonchev–Trinajstić information content (AvgIpc) is 3.38. The molecule has 3 N–H and O–H groups in total. The topological polar surface area (TPSA) is 121 Å². The molecule has 10 nitrogen and oxygen atoms in total. The Morgan fingerprint density at radius 2 is 2.30 bits per heavy atom. The number of aromatic amines is 1. The van der Waals surface area contributed by atoms with Gasteiger partial charge in [0.15, 0.2) is 11.7 Å². The van der Waals surface area contributed by atoms with E-state index in [2.05, 4.69) is 30.8 Å². The molecule has 1 aliphatic rings. The Hall–Kier alpha value is -3.04. The fourth-order valence-corrected chi connectivity index (χ4v) is 2.88. The summed E-state index contributed by atoms with van der Waals surface area (Å²) in [6.45, 7) is 4.46. The van der Waals surface area contributed by atoms with E-state index in [4.69, 9.17) is 9.15 Å². The number of carbonyl (C=O) groups excluding carboxylic acids is 1. The normalized spacial score (nSPS) is 15.6. The summed E-state index contributed by atoms with van der Waals surface area (Å²) in [5, 5.41) is 13.7. The summed E-state index contributed by atoms with van der Waals surface area (Å²) in [5.74, 6) is 2.49.